The van der Waals surface area contributed by atoms with E-state index in [9.17, 15) is 0 Å². The molecule has 0 bridgehead atoms. The Morgan fingerprint density at radius 3 is 1.12 bits per heavy atom. The molecule has 0 saturated heterocycles. The molecule has 0 aromatic heterocycles. The van der Waals surface area contributed by atoms with Crippen LogP contribution in [0.3, 0.4) is 0 Å². The zero-order chi connectivity index (χ0) is 26.3. The van der Waals surface area contributed by atoms with E-state index in [4.69, 9.17) is 5.41 Å². The summed E-state index contributed by atoms with van der Waals surface area (Å²) in [6.07, 6.45) is 1.99. The van der Waals surface area contributed by atoms with Gasteiger partial charge in [-0.15, -0.1) is 0 Å². The summed E-state index contributed by atoms with van der Waals surface area (Å²) >= 11 is 0. The summed E-state index contributed by atoms with van der Waals surface area (Å²) in [5.41, 5.74) is 8.89. The first-order chi connectivity index (χ1) is 15.2. The van der Waals surface area contributed by atoms with Gasteiger partial charge in [0.2, 0.25) is 0 Å². The zero-order valence-electron chi connectivity index (χ0n) is 24.0. The fourth-order valence-corrected chi connectivity index (χ4v) is 3.83. The molecule has 0 unspecified atom stereocenters. The van der Waals surface area contributed by atoms with E-state index in [1.807, 2.05) is 13.1 Å². The molecule has 186 valence electrons. The average Bonchev–Trinajstić information content (AvgIpc) is 2.68. The quantitative estimate of drug-likeness (QED) is 0.441. The van der Waals surface area contributed by atoms with Crippen LogP contribution >= 0.6 is 0 Å². The molecule has 2 heteroatoms. The first kappa shape index (κ1) is 27.9. The highest BCUT2D eigenvalue weighted by Gasteiger charge is 2.23. The van der Waals surface area contributed by atoms with Crippen molar-refractivity contribution in [3.63, 3.8) is 0 Å². The lowest BCUT2D eigenvalue weighted by Crippen LogP contribution is -2.19. The van der Waals surface area contributed by atoms with Crippen LogP contribution in [0.15, 0.2) is 42.5 Å². The zero-order valence-corrected chi connectivity index (χ0v) is 24.0. The Morgan fingerprint density at radius 2 is 0.853 bits per heavy atom. The second kappa shape index (κ2) is 9.36. The molecule has 2 aromatic carbocycles. The second-order valence-corrected chi connectivity index (χ2v) is 13.8. The largest absolute Gasteiger partial charge is 0.388 e. The van der Waals surface area contributed by atoms with Gasteiger partial charge >= 0.3 is 0 Å². The van der Waals surface area contributed by atoms with Gasteiger partial charge < -0.3 is 10.7 Å². The molecule has 0 spiro atoms. The van der Waals surface area contributed by atoms with E-state index in [0.29, 0.717) is 5.71 Å². The number of allylic oxidation sites excluding steroid dienone is 1. The normalized spacial score (nSPS) is 13.7. The summed E-state index contributed by atoms with van der Waals surface area (Å²) in [6, 6.07) is 13.6. The standard InChI is InChI=1S/C32H48N2/c1-29(2,3)23-14-21(15-24(18-23)30(4,5)6)27(33)20-28(34-13)22-16-25(31(7,8)9)19-26(17-22)32(10,11)12/h14-20,33-34H,1-13H3/b28-20-,33-27?. The monoisotopic (exact) mass is 460 g/mol. The third-order valence-corrected chi connectivity index (χ3v) is 6.51. The maximum Gasteiger partial charge on any atom is 0.0633 e. The van der Waals surface area contributed by atoms with Crippen molar-refractivity contribution in [2.45, 2.75) is 105 Å². The smallest absolute Gasteiger partial charge is 0.0633 e. The highest BCUT2D eigenvalue weighted by molar-refractivity contribution is 6.10. The van der Waals surface area contributed by atoms with Gasteiger partial charge in [0.25, 0.3) is 0 Å². The van der Waals surface area contributed by atoms with Gasteiger partial charge in [-0.25, -0.2) is 0 Å². The SMILES string of the molecule is CN/C(=C\C(=N)c1cc(C(C)(C)C)cc(C(C)(C)C)c1)c1cc(C(C)(C)C)cc(C(C)(C)C)c1. The van der Waals surface area contributed by atoms with Crippen LogP contribution in [-0.4, -0.2) is 12.8 Å². The van der Waals surface area contributed by atoms with Crippen molar-refractivity contribution in [3.8, 4) is 0 Å². The fraction of sp³-hybridized carbons (Fsp3) is 0.531. The highest BCUT2D eigenvalue weighted by atomic mass is 14.8. The number of rotatable bonds is 4. The number of benzene rings is 2. The van der Waals surface area contributed by atoms with E-state index < -0.39 is 0 Å². The van der Waals surface area contributed by atoms with Crippen molar-refractivity contribution >= 4 is 11.4 Å². The third-order valence-electron chi connectivity index (χ3n) is 6.51. The van der Waals surface area contributed by atoms with Gasteiger partial charge in [0.15, 0.2) is 0 Å². The van der Waals surface area contributed by atoms with Crippen molar-refractivity contribution in [3.05, 3.63) is 75.9 Å². The van der Waals surface area contributed by atoms with Gasteiger partial charge in [-0.3, -0.25) is 0 Å². The first-order valence-corrected chi connectivity index (χ1v) is 12.5. The summed E-state index contributed by atoms with van der Waals surface area (Å²) in [4.78, 5) is 0. The van der Waals surface area contributed by atoms with E-state index in [0.717, 1.165) is 16.8 Å². The molecule has 0 atom stereocenters. The summed E-state index contributed by atoms with van der Waals surface area (Å²) in [6.45, 7) is 27.0. The molecule has 2 nitrogen and oxygen atoms in total. The summed E-state index contributed by atoms with van der Waals surface area (Å²) in [5, 5.41) is 12.4. The lowest BCUT2D eigenvalue weighted by Gasteiger charge is -2.27. The Bertz CT molecular complexity index is 1010. The maximum absolute atomic E-state index is 9.05. The Labute approximate surface area is 209 Å². The molecular formula is C32H48N2. The van der Waals surface area contributed by atoms with Gasteiger partial charge in [0.05, 0.1) is 5.71 Å². The Balaban J connectivity index is 2.68. The van der Waals surface area contributed by atoms with Gasteiger partial charge in [0.1, 0.15) is 0 Å². The molecule has 34 heavy (non-hydrogen) atoms. The van der Waals surface area contributed by atoms with E-state index in [1.54, 1.807) is 0 Å². The van der Waals surface area contributed by atoms with Gasteiger partial charge in [-0.1, -0.05) is 95.2 Å². The second-order valence-electron chi connectivity index (χ2n) is 13.8. The molecule has 0 radical (unpaired) electrons. The third kappa shape index (κ3) is 6.84. The summed E-state index contributed by atoms with van der Waals surface area (Å²) < 4.78 is 0. The molecular weight excluding hydrogens is 412 g/mol. The first-order valence-electron chi connectivity index (χ1n) is 12.5. The minimum atomic E-state index is 0.0223. The molecule has 0 aliphatic heterocycles. The minimum Gasteiger partial charge on any atom is -0.388 e. The van der Waals surface area contributed by atoms with E-state index in [-0.39, 0.29) is 21.7 Å². The van der Waals surface area contributed by atoms with Gasteiger partial charge in [0, 0.05) is 18.3 Å². The van der Waals surface area contributed by atoms with Crippen molar-refractivity contribution < 1.29 is 0 Å². The van der Waals surface area contributed by atoms with Crippen LogP contribution in [-0.2, 0) is 21.7 Å². The van der Waals surface area contributed by atoms with E-state index >= 15 is 0 Å². The lowest BCUT2D eigenvalue weighted by atomic mass is 9.78. The maximum atomic E-state index is 9.05. The molecule has 2 rings (SSSR count). The van der Waals surface area contributed by atoms with Crippen LogP contribution in [0.2, 0.25) is 0 Å². The van der Waals surface area contributed by atoms with Gasteiger partial charge in [-0.2, -0.15) is 0 Å². The van der Waals surface area contributed by atoms with Crippen molar-refractivity contribution in [1.82, 2.24) is 5.32 Å². The molecule has 0 amide bonds. The molecule has 0 aliphatic rings. The van der Waals surface area contributed by atoms with Crippen LogP contribution in [0.4, 0.5) is 0 Å². The van der Waals surface area contributed by atoms with Crippen molar-refractivity contribution in [1.29, 1.82) is 5.41 Å². The Hall–Kier alpha value is -2.35. The number of nitrogens with one attached hydrogen (secondary N) is 2. The number of hydrogen-bond donors (Lipinski definition) is 2. The summed E-state index contributed by atoms with van der Waals surface area (Å²) in [7, 11) is 1.95. The lowest BCUT2D eigenvalue weighted by molar-refractivity contribution is 0.567. The van der Waals surface area contributed by atoms with Crippen LogP contribution in [0, 0.1) is 5.41 Å². The number of hydrogen-bond acceptors (Lipinski definition) is 2. The van der Waals surface area contributed by atoms with Crippen molar-refractivity contribution in [2.75, 3.05) is 7.05 Å². The van der Waals surface area contributed by atoms with Gasteiger partial charge in [-0.05, 0) is 79.8 Å². The summed E-state index contributed by atoms with van der Waals surface area (Å²) in [5.74, 6) is 0. The topological polar surface area (TPSA) is 35.9 Å². The minimum absolute atomic E-state index is 0.0223. The Morgan fingerprint density at radius 1 is 0.559 bits per heavy atom. The van der Waals surface area contributed by atoms with Crippen molar-refractivity contribution in [2.24, 2.45) is 0 Å². The highest BCUT2D eigenvalue weighted by Crippen LogP contribution is 2.33. The van der Waals surface area contributed by atoms with Crippen LogP contribution in [0.25, 0.3) is 5.70 Å². The van der Waals surface area contributed by atoms with Crippen LogP contribution in [0.1, 0.15) is 116 Å². The average molecular weight is 461 g/mol. The predicted octanol–water partition coefficient (Wildman–Crippen LogP) is 8.50. The molecule has 0 saturated carbocycles. The predicted molar refractivity (Wildman–Crippen MR) is 152 cm³/mol. The van der Waals surface area contributed by atoms with Crippen LogP contribution < -0.4 is 5.32 Å². The Kier molecular flexibility index (Phi) is 7.68. The molecule has 0 fully saturated rings. The molecule has 2 N–H and O–H groups in total. The molecule has 0 heterocycles. The molecule has 2 aromatic rings. The van der Waals surface area contributed by atoms with Crippen LogP contribution in [0.5, 0.6) is 0 Å². The van der Waals surface area contributed by atoms with E-state index in [1.165, 1.54) is 22.3 Å². The van der Waals surface area contributed by atoms with E-state index in [2.05, 4.69) is 125 Å². The molecule has 0 aliphatic carbocycles. The fourth-order valence-electron chi connectivity index (χ4n) is 3.83.